The molecule has 0 unspecified atom stereocenters. The van der Waals surface area contributed by atoms with Crippen LogP contribution >= 0.6 is 0 Å². The molecule has 0 saturated heterocycles. The lowest BCUT2D eigenvalue weighted by atomic mass is 10.1. The summed E-state index contributed by atoms with van der Waals surface area (Å²) in [5, 5.41) is 8.68. The number of rotatable bonds is 6. The number of sulfonamides is 1. The number of hydrogen-bond donors (Lipinski definition) is 2. The summed E-state index contributed by atoms with van der Waals surface area (Å²) in [6.45, 7) is 5.89. The highest BCUT2D eigenvalue weighted by molar-refractivity contribution is 7.92. The summed E-state index contributed by atoms with van der Waals surface area (Å²) in [6, 6.07) is 5.34. The van der Waals surface area contributed by atoms with Crippen LogP contribution in [0.5, 0.6) is 0 Å². The SMILES string of the molecule is Cc1cc(C#CCCO)ccc1NS(=O)(=O)CCC(C)C. The molecule has 0 bridgehead atoms. The first-order chi connectivity index (χ1) is 9.84. The van der Waals surface area contributed by atoms with Gasteiger partial charge in [-0.15, -0.1) is 0 Å². The van der Waals surface area contributed by atoms with E-state index in [1.54, 1.807) is 12.1 Å². The van der Waals surface area contributed by atoms with E-state index in [0.717, 1.165) is 11.1 Å². The zero-order valence-corrected chi connectivity index (χ0v) is 13.6. The standard InChI is InChI=1S/C16H23NO3S/c1-13(2)9-11-21(19,20)17-16-8-7-15(12-14(16)3)6-4-5-10-18/h7-8,12-13,17-18H,5,9-11H2,1-3H3. The minimum Gasteiger partial charge on any atom is -0.395 e. The van der Waals surface area contributed by atoms with Gasteiger partial charge in [-0.2, -0.15) is 0 Å². The third-order valence-electron chi connectivity index (χ3n) is 2.93. The molecule has 0 radical (unpaired) electrons. The molecule has 0 fully saturated rings. The Balaban J connectivity index is 2.79. The molecule has 0 saturated carbocycles. The zero-order valence-electron chi connectivity index (χ0n) is 12.8. The average molecular weight is 309 g/mol. The van der Waals surface area contributed by atoms with Gasteiger partial charge in [0.25, 0.3) is 0 Å². The predicted octanol–water partition coefficient (Wildman–Crippen LogP) is 2.52. The lowest BCUT2D eigenvalue weighted by Crippen LogP contribution is -2.18. The molecule has 1 rings (SSSR count). The Hall–Kier alpha value is -1.51. The van der Waals surface area contributed by atoms with Crippen LogP contribution in [0.3, 0.4) is 0 Å². The first kappa shape index (κ1) is 17.5. The van der Waals surface area contributed by atoms with E-state index in [4.69, 9.17) is 5.11 Å². The molecule has 116 valence electrons. The second-order valence-electron chi connectivity index (χ2n) is 5.41. The number of aliphatic hydroxyl groups is 1. The van der Waals surface area contributed by atoms with Crippen molar-refractivity contribution in [3.63, 3.8) is 0 Å². The number of anilines is 1. The highest BCUT2D eigenvalue weighted by atomic mass is 32.2. The maximum absolute atomic E-state index is 12.0. The Morgan fingerprint density at radius 1 is 1.33 bits per heavy atom. The van der Waals surface area contributed by atoms with E-state index in [1.807, 2.05) is 26.8 Å². The van der Waals surface area contributed by atoms with Crippen molar-refractivity contribution >= 4 is 15.7 Å². The maximum Gasteiger partial charge on any atom is 0.232 e. The van der Waals surface area contributed by atoms with E-state index in [2.05, 4.69) is 16.6 Å². The van der Waals surface area contributed by atoms with Crippen molar-refractivity contribution in [2.45, 2.75) is 33.6 Å². The molecule has 0 spiro atoms. The Morgan fingerprint density at radius 2 is 2.05 bits per heavy atom. The van der Waals surface area contributed by atoms with Crippen LogP contribution in [0, 0.1) is 24.7 Å². The van der Waals surface area contributed by atoms with Gasteiger partial charge in [0.1, 0.15) is 0 Å². The molecule has 1 aromatic rings. The average Bonchev–Trinajstić information content (AvgIpc) is 2.40. The minimum absolute atomic E-state index is 0.0414. The van der Waals surface area contributed by atoms with Gasteiger partial charge in [-0.3, -0.25) is 4.72 Å². The van der Waals surface area contributed by atoms with Gasteiger partial charge in [0.2, 0.25) is 10.0 Å². The van der Waals surface area contributed by atoms with Crippen LogP contribution in [-0.4, -0.2) is 25.9 Å². The van der Waals surface area contributed by atoms with Crippen LogP contribution in [0.15, 0.2) is 18.2 Å². The minimum atomic E-state index is -3.31. The fraction of sp³-hybridized carbons (Fsp3) is 0.500. The third-order valence-corrected chi connectivity index (χ3v) is 4.23. The molecule has 4 nitrogen and oxygen atoms in total. The van der Waals surface area contributed by atoms with E-state index >= 15 is 0 Å². The van der Waals surface area contributed by atoms with E-state index < -0.39 is 10.0 Å². The Morgan fingerprint density at radius 3 is 2.62 bits per heavy atom. The fourth-order valence-electron chi connectivity index (χ4n) is 1.69. The summed E-state index contributed by atoms with van der Waals surface area (Å²) in [5.41, 5.74) is 2.23. The quantitative estimate of drug-likeness (QED) is 0.794. The predicted molar refractivity (Wildman–Crippen MR) is 86.6 cm³/mol. The van der Waals surface area contributed by atoms with Crippen molar-refractivity contribution in [1.29, 1.82) is 0 Å². The molecule has 21 heavy (non-hydrogen) atoms. The smallest absolute Gasteiger partial charge is 0.232 e. The first-order valence-corrected chi connectivity index (χ1v) is 8.70. The first-order valence-electron chi connectivity index (χ1n) is 7.05. The number of aliphatic hydroxyl groups excluding tert-OH is 1. The maximum atomic E-state index is 12.0. The molecule has 0 heterocycles. The van der Waals surface area contributed by atoms with Gasteiger partial charge in [-0.05, 0) is 43.0 Å². The van der Waals surface area contributed by atoms with Crippen LogP contribution in [0.2, 0.25) is 0 Å². The monoisotopic (exact) mass is 309 g/mol. The molecule has 5 heteroatoms. The lowest BCUT2D eigenvalue weighted by Gasteiger charge is -2.11. The normalized spacial score (nSPS) is 11.1. The molecular weight excluding hydrogens is 286 g/mol. The molecule has 2 N–H and O–H groups in total. The highest BCUT2D eigenvalue weighted by Gasteiger charge is 2.12. The summed E-state index contributed by atoms with van der Waals surface area (Å²) in [4.78, 5) is 0. The second-order valence-corrected chi connectivity index (χ2v) is 7.25. The molecule has 1 aromatic carbocycles. The van der Waals surface area contributed by atoms with Gasteiger partial charge in [-0.1, -0.05) is 25.7 Å². The van der Waals surface area contributed by atoms with Gasteiger partial charge in [-0.25, -0.2) is 8.42 Å². The third kappa shape index (κ3) is 6.65. The molecular formula is C16H23NO3S. The van der Waals surface area contributed by atoms with E-state index in [-0.39, 0.29) is 12.4 Å². The Bertz CT molecular complexity index is 625. The Labute approximate surface area is 127 Å². The summed E-state index contributed by atoms with van der Waals surface area (Å²) in [6.07, 6.45) is 1.07. The van der Waals surface area contributed by atoms with Crippen LogP contribution in [0.4, 0.5) is 5.69 Å². The Kier molecular flexibility index (Phi) is 6.73. The second kappa shape index (κ2) is 8.06. The van der Waals surface area contributed by atoms with Gasteiger partial charge in [0.15, 0.2) is 0 Å². The molecule has 0 aliphatic rings. The summed E-state index contributed by atoms with van der Waals surface area (Å²) >= 11 is 0. The zero-order chi connectivity index (χ0) is 15.9. The molecule has 0 aromatic heterocycles. The van der Waals surface area contributed by atoms with Crippen LogP contribution in [0.1, 0.15) is 37.8 Å². The number of hydrogen-bond acceptors (Lipinski definition) is 3. The van der Waals surface area contributed by atoms with Crippen molar-refractivity contribution < 1.29 is 13.5 Å². The van der Waals surface area contributed by atoms with Gasteiger partial charge in [0.05, 0.1) is 18.0 Å². The number of benzene rings is 1. The highest BCUT2D eigenvalue weighted by Crippen LogP contribution is 2.18. The van der Waals surface area contributed by atoms with Crippen LogP contribution in [-0.2, 0) is 10.0 Å². The number of aryl methyl sites for hydroxylation is 1. The van der Waals surface area contributed by atoms with Crippen molar-refractivity contribution in [2.75, 3.05) is 17.1 Å². The van der Waals surface area contributed by atoms with Crippen molar-refractivity contribution in [3.8, 4) is 11.8 Å². The van der Waals surface area contributed by atoms with Gasteiger partial charge >= 0.3 is 0 Å². The van der Waals surface area contributed by atoms with E-state index in [9.17, 15) is 8.42 Å². The van der Waals surface area contributed by atoms with Crippen LogP contribution in [0.25, 0.3) is 0 Å². The topological polar surface area (TPSA) is 66.4 Å². The lowest BCUT2D eigenvalue weighted by molar-refractivity contribution is 0.305. The van der Waals surface area contributed by atoms with Crippen molar-refractivity contribution in [2.24, 2.45) is 5.92 Å². The van der Waals surface area contributed by atoms with Crippen molar-refractivity contribution in [1.82, 2.24) is 0 Å². The fourth-order valence-corrected chi connectivity index (χ4v) is 3.13. The van der Waals surface area contributed by atoms with Gasteiger partial charge < -0.3 is 5.11 Å². The molecule has 0 aliphatic carbocycles. The van der Waals surface area contributed by atoms with E-state index in [0.29, 0.717) is 24.4 Å². The summed E-state index contributed by atoms with van der Waals surface area (Å²) in [5.74, 6) is 6.25. The number of nitrogens with one attached hydrogen (secondary N) is 1. The van der Waals surface area contributed by atoms with Crippen molar-refractivity contribution in [3.05, 3.63) is 29.3 Å². The van der Waals surface area contributed by atoms with Crippen LogP contribution < -0.4 is 4.72 Å². The molecule has 0 aliphatic heterocycles. The summed E-state index contributed by atoms with van der Waals surface area (Å²) in [7, 11) is -3.31. The molecule has 0 amide bonds. The van der Waals surface area contributed by atoms with Gasteiger partial charge in [0, 0.05) is 12.0 Å². The largest absolute Gasteiger partial charge is 0.395 e. The molecule has 0 atom stereocenters. The van der Waals surface area contributed by atoms with E-state index in [1.165, 1.54) is 0 Å². The summed E-state index contributed by atoms with van der Waals surface area (Å²) < 4.78 is 26.6.